The standard InChI is InChI=1S/C13H23N3O3S/c1-2-5-12-15-13(20(14,17)18)10-16(12)8-3-6-11-7-4-9-19-11/h10-11H,2-9H2,1H3,(H2,14,17,18). The predicted octanol–water partition coefficient (Wildman–Crippen LogP) is 1.44. The smallest absolute Gasteiger partial charge is 0.257 e. The summed E-state index contributed by atoms with van der Waals surface area (Å²) in [7, 11) is -3.72. The lowest BCUT2D eigenvalue weighted by Gasteiger charge is -2.10. The molecule has 0 radical (unpaired) electrons. The van der Waals surface area contributed by atoms with Crippen LogP contribution in [0.4, 0.5) is 0 Å². The monoisotopic (exact) mass is 301 g/mol. The summed E-state index contributed by atoms with van der Waals surface area (Å²) in [6.07, 6.45) is 7.85. The first kappa shape index (κ1) is 15.5. The number of primary sulfonamides is 1. The van der Waals surface area contributed by atoms with Crippen LogP contribution in [0.25, 0.3) is 0 Å². The lowest BCUT2D eigenvalue weighted by Crippen LogP contribution is -2.12. The Kier molecular flexibility index (Phi) is 5.17. The fraction of sp³-hybridized carbons (Fsp3) is 0.769. The molecular formula is C13H23N3O3S. The Bertz CT molecular complexity index is 533. The van der Waals surface area contributed by atoms with Crippen LogP contribution in [0.3, 0.4) is 0 Å². The number of sulfonamides is 1. The summed E-state index contributed by atoms with van der Waals surface area (Å²) in [5, 5.41) is 5.11. The van der Waals surface area contributed by atoms with Crippen molar-refractivity contribution in [1.29, 1.82) is 0 Å². The molecule has 1 aromatic heterocycles. The van der Waals surface area contributed by atoms with Crippen molar-refractivity contribution < 1.29 is 13.2 Å². The highest BCUT2D eigenvalue weighted by atomic mass is 32.2. The summed E-state index contributed by atoms with van der Waals surface area (Å²) in [5.74, 6) is 0.795. The average Bonchev–Trinajstić information content (AvgIpc) is 2.99. The Labute approximate surface area is 120 Å². The molecule has 20 heavy (non-hydrogen) atoms. The van der Waals surface area contributed by atoms with Crippen LogP contribution >= 0.6 is 0 Å². The van der Waals surface area contributed by atoms with Crippen LogP contribution in [-0.2, 0) is 27.7 Å². The minimum Gasteiger partial charge on any atom is -0.378 e. The van der Waals surface area contributed by atoms with Gasteiger partial charge in [-0.05, 0) is 32.1 Å². The largest absolute Gasteiger partial charge is 0.378 e. The second-order valence-corrected chi connectivity index (χ2v) is 6.77. The van der Waals surface area contributed by atoms with Gasteiger partial charge in [-0.25, -0.2) is 18.5 Å². The van der Waals surface area contributed by atoms with E-state index in [0.29, 0.717) is 6.10 Å². The molecule has 0 saturated carbocycles. The third kappa shape index (κ3) is 4.04. The van der Waals surface area contributed by atoms with Crippen LogP contribution in [0.15, 0.2) is 11.2 Å². The number of nitrogens with zero attached hydrogens (tertiary/aromatic N) is 2. The summed E-state index contributed by atoms with van der Waals surface area (Å²) in [4.78, 5) is 4.14. The topological polar surface area (TPSA) is 87.2 Å². The highest BCUT2D eigenvalue weighted by Crippen LogP contribution is 2.18. The van der Waals surface area contributed by atoms with Crippen LogP contribution in [-0.4, -0.2) is 30.7 Å². The van der Waals surface area contributed by atoms with Gasteiger partial charge in [-0.15, -0.1) is 0 Å². The van der Waals surface area contributed by atoms with Gasteiger partial charge in [-0.2, -0.15) is 0 Å². The highest BCUT2D eigenvalue weighted by molar-refractivity contribution is 7.89. The molecule has 0 aliphatic carbocycles. The molecule has 1 atom stereocenters. The zero-order valence-electron chi connectivity index (χ0n) is 11.9. The van der Waals surface area contributed by atoms with Crippen molar-refractivity contribution in [3.63, 3.8) is 0 Å². The first-order valence-electron chi connectivity index (χ1n) is 7.21. The maximum Gasteiger partial charge on any atom is 0.257 e. The SMILES string of the molecule is CCCc1nc(S(N)(=O)=O)cn1CCCC1CCCO1. The number of rotatable bonds is 7. The Balaban J connectivity index is 1.99. The molecule has 6 nitrogen and oxygen atoms in total. The maximum atomic E-state index is 11.4. The number of hydrogen-bond donors (Lipinski definition) is 1. The van der Waals surface area contributed by atoms with E-state index in [0.717, 1.165) is 57.5 Å². The van der Waals surface area contributed by atoms with E-state index in [9.17, 15) is 8.42 Å². The van der Waals surface area contributed by atoms with Gasteiger partial charge in [0.1, 0.15) is 5.82 Å². The van der Waals surface area contributed by atoms with Crippen molar-refractivity contribution in [2.24, 2.45) is 5.14 Å². The number of nitrogens with two attached hydrogens (primary N) is 1. The van der Waals surface area contributed by atoms with Gasteiger partial charge in [-0.1, -0.05) is 6.92 Å². The Morgan fingerprint density at radius 1 is 1.55 bits per heavy atom. The Morgan fingerprint density at radius 3 is 2.95 bits per heavy atom. The van der Waals surface area contributed by atoms with Gasteiger partial charge in [-0.3, -0.25) is 0 Å². The van der Waals surface area contributed by atoms with E-state index in [-0.39, 0.29) is 5.03 Å². The van der Waals surface area contributed by atoms with E-state index in [2.05, 4.69) is 4.98 Å². The van der Waals surface area contributed by atoms with Gasteiger partial charge >= 0.3 is 0 Å². The molecule has 0 aromatic carbocycles. The molecule has 2 N–H and O–H groups in total. The van der Waals surface area contributed by atoms with Crippen molar-refractivity contribution in [3.8, 4) is 0 Å². The van der Waals surface area contributed by atoms with Crippen molar-refractivity contribution >= 4 is 10.0 Å². The van der Waals surface area contributed by atoms with Gasteiger partial charge in [0.2, 0.25) is 0 Å². The van der Waals surface area contributed by atoms with E-state index >= 15 is 0 Å². The molecule has 1 fully saturated rings. The number of imidazole rings is 1. The minimum atomic E-state index is -3.72. The fourth-order valence-corrected chi connectivity index (χ4v) is 3.05. The first-order valence-corrected chi connectivity index (χ1v) is 8.75. The van der Waals surface area contributed by atoms with E-state index in [4.69, 9.17) is 9.88 Å². The molecule has 1 aromatic rings. The van der Waals surface area contributed by atoms with Crippen molar-refractivity contribution in [2.75, 3.05) is 6.61 Å². The number of aromatic nitrogens is 2. The first-order chi connectivity index (χ1) is 9.50. The minimum absolute atomic E-state index is 0.0296. The van der Waals surface area contributed by atoms with Gasteiger partial charge in [0.15, 0.2) is 5.03 Å². The summed E-state index contributed by atoms with van der Waals surface area (Å²) < 4.78 is 30.2. The molecule has 1 aliphatic heterocycles. The number of aryl methyl sites for hydroxylation is 2. The second-order valence-electron chi connectivity index (χ2n) is 5.26. The van der Waals surface area contributed by atoms with E-state index in [1.807, 2.05) is 11.5 Å². The molecule has 2 heterocycles. The summed E-state index contributed by atoms with van der Waals surface area (Å²) in [6.45, 7) is 3.67. The molecule has 7 heteroatoms. The van der Waals surface area contributed by atoms with Crippen molar-refractivity contribution in [3.05, 3.63) is 12.0 Å². The predicted molar refractivity (Wildman–Crippen MR) is 75.8 cm³/mol. The van der Waals surface area contributed by atoms with E-state index < -0.39 is 10.0 Å². The molecule has 0 amide bonds. The molecule has 114 valence electrons. The molecule has 1 saturated heterocycles. The molecule has 1 unspecified atom stereocenters. The summed E-state index contributed by atoms with van der Waals surface area (Å²) >= 11 is 0. The van der Waals surface area contributed by atoms with Gasteiger partial charge < -0.3 is 9.30 Å². The van der Waals surface area contributed by atoms with Gasteiger partial charge in [0.25, 0.3) is 10.0 Å². The average molecular weight is 301 g/mol. The van der Waals surface area contributed by atoms with Gasteiger partial charge in [0.05, 0.1) is 6.10 Å². The summed E-state index contributed by atoms with van der Waals surface area (Å²) in [5.41, 5.74) is 0. The third-order valence-corrected chi connectivity index (χ3v) is 4.33. The third-order valence-electron chi connectivity index (χ3n) is 3.55. The molecule has 2 rings (SSSR count). The Hall–Kier alpha value is -0.920. The van der Waals surface area contributed by atoms with Crippen LogP contribution < -0.4 is 5.14 Å². The van der Waals surface area contributed by atoms with Crippen molar-refractivity contribution in [2.45, 2.75) is 63.1 Å². The fourth-order valence-electron chi connectivity index (χ4n) is 2.54. The number of ether oxygens (including phenoxy) is 1. The molecule has 0 spiro atoms. The lowest BCUT2D eigenvalue weighted by molar-refractivity contribution is 0.101. The molecule has 1 aliphatic rings. The normalized spacial score (nSPS) is 19.6. The van der Waals surface area contributed by atoms with Crippen LogP contribution in [0.1, 0.15) is 44.9 Å². The maximum absolute atomic E-state index is 11.4. The summed E-state index contributed by atoms with van der Waals surface area (Å²) in [6, 6.07) is 0. The molecule has 0 bridgehead atoms. The quantitative estimate of drug-likeness (QED) is 0.825. The highest BCUT2D eigenvalue weighted by Gasteiger charge is 2.17. The van der Waals surface area contributed by atoms with E-state index in [1.165, 1.54) is 0 Å². The lowest BCUT2D eigenvalue weighted by atomic mass is 10.1. The van der Waals surface area contributed by atoms with Crippen molar-refractivity contribution in [1.82, 2.24) is 9.55 Å². The van der Waals surface area contributed by atoms with Crippen LogP contribution in [0, 0.1) is 0 Å². The molecular weight excluding hydrogens is 278 g/mol. The Morgan fingerprint density at radius 2 is 2.35 bits per heavy atom. The van der Waals surface area contributed by atoms with Crippen LogP contribution in [0.5, 0.6) is 0 Å². The second kappa shape index (κ2) is 6.69. The van der Waals surface area contributed by atoms with Crippen LogP contribution in [0.2, 0.25) is 0 Å². The van der Waals surface area contributed by atoms with E-state index in [1.54, 1.807) is 6.20 Å². The number of hydrogen-bond acceptors (Lipinski definition) is 4. The zero-order valence-corrected chi connectivity index (χ0v) is 12.7. The zero-order chi connectivity index (χ0) is 14.6. The van der Waals surface area contributed by atoms with Gasteiger partial charge in [0, 0.05) is 25.8 Å².